The molecule has 0 amide bonds. The fourth-order valence-electron chi connectivity index (χ4n) is 2.57. The van der Waals surface area contributed by atoms with E-state index in [1.807, 2.05) is 47.4 Å². The number of nitrogens with zero attached hydrogens (tertiary/aromatic N) is 4. The van der Waals surface area contributed by atoms with Gasteiger partial charge in [-0.25, -0.2) is 0 Å². The third-order valence-corrected chi connectivity index (χ3v) is 3.62. The minimum Gasteiger partial charge on any atom is -0.268 e. The molecule has 0 spiro atoms. The number of para-hydroxylation sites is 1. The van der Waals surface area contributed by atoms with Crippen LogP contribution in [0.15, 0.2) is 73.2 Å². The molecule has 0 atom stereocenters. The first kappa shape index (κ1) is 12.7. The standard InChI is InChI=1S/C18H14N4/c1-2-10-19-16(8-1)17-9-12-22(21-17)13-15-6-3-5-14-7-4-11-20-18(14)15/h1-12H,13H2. The van der Waals surface area contributed by atoms with Crippen molar-refractivity contribution in [2.75, 3.05) is 0 Å². The SMILES string of the molecule is c1ccc(-c2ccn(Cc3cccc4cccnc34)n2)nc1. The Bertz CT molecular complexity index is 907. The molecule has 22 heavy (non-hydrogen) atoms. The second-order valence-corrected chi connectivity index (χ2v) is 5.11. The summed E-state index contributed by atoms with van der Waals surface area (Å²) in [5, 5.41) is 5.76. The van der Waals surface area contributed by atoms with E-state index in [4.69, 9.17) is 0 Å². The maximum atomic E-state index is 4.61. The normalized spacial score (nSPS) is 10.9. The van der Waals surface area contributed by atoms with E-state index in [2.05, 4.69) is 39.3 Å². The van der Waals surface area contributed by atoms with Crippen molar-refractivity contribution in [2.45, 2.75) is 6.54 Å². The molecule has 0 N–H and O–H groups in total. The zero-order valence-corrected chi connectivity index (χ0v) is 11.9. The zero-order valence-electron chi connectivity index (χ0n) is 11.9. The molecule has 4 rings (SSSR count). The molecule has 0 saturated heterocycles. The Morgan fingerprint density at radius 3 is 2.59 bits per heavy atom. The van der Waals surface area contributed by atoms with Crippen molar-refractivity contribution in [3.63, 3.8) is 0 Å². The molecule has 4 heteroatoms. The molecule has 0 aliphatic heterocycles. The van der Waals surface area contributed by atoms with Crippen molar-refractivity contribution in [1.29, 1.82) is 0 Å². The van der Waals surface area contributed by atoms with Crippen LogP contribution in [-0.2, 0) is 6.54 Å². The van der Waals surface area contributed by atoms with Gasteiger partial charge in [0.2, 0.25) is 0 Å². The Morgan fingerprint density at radius 2 is 1.68 bits per heavy atom. The smallest absolute Gasteiger partial charge is 0.111 e. The van der Waals surface area contributed by atoms with Crippen LogP contribution < -0.4 is 0 Å². The average molecular weight is 286 g/mol. The van der Waals surface area contributed by atoms with Gasteiger partial charge in [-0.15, -0.1) is 0 Å². The fraction of sp³-hybridized carbons (Fsp3) is 0.0556. The molecular formula is C18H14N4. The van der Waals surface area contributed by atoms with E-state index >= 15 is 0 Å². The van der Waals surface area contributed by atoms with Gasteiger partial charge in [-0.3, -0.25) is 14.6 Å². The maximum Gasteiger partial charge on any atom is 0.111 e. The fourth-order valence-corrected chi connectivity index (χ4v) is 2.57. The monoisotopic (exact) mass is 286 g/mol. The summed E-state index contributed by atoms with van der Waals surface area (Å²) < 4.78 is 1.92. The first-order chi connectivity index (χ1) is 10.9. The van der Waals surface area contributed by atoms with Crippen molar-refractivity contribution in [1.82, 2.24) is 19.7 Å². The topological polar surface area (TPSA) is 43.6 Å². The second-order valence-electron chi connectivity index (χ2n) is 5.11. The van der Waals surface area contributed by atoms with Crippen LogP contribution in [0.25, 0.3) is 22.3 Å². The highest BCUT2D eigenvalue weighted by Crippen LogP contribution is 2.18. The minimum atomic E-state index is 0.696. The Balaban J connectivity index is 1.68. The molecule has 3 heterocycles. The van der Waals surface area contributed by atoms with Gasteiger partial charge in [0.05, 0.1) is 17.8 Å². The first-order valence-electron chi connectivity index (χ1n) is 7.18. The maximum absolute atomic E-state index is 4.61. The first-order valence-corrected chi connectivity index (χ1v) is 7.18. The molecule has 4 nitrogen and oxygen atoms in total. The molecule has 0 aliphatic carbocycles. The van der Waals surface area contributed by atoms with E-state index < -0.39 is 0 Å². The van der Waals surface area contributed by atoms with Gasteiger partial charge in [-0.1, -0.05) is 30.3 Å². The van der Waals surface area contributed by atoms with E-state index in [9.17, 15) is 0 Å². The molecule has 0 radical (unpaired) electrons. The van der Waals surface area contributed by atoms with E-state index in [1.54, 1.807) is 6.20 Å². The highest BCUT2D eigenvalue weighted by Gasteiger charge is 2.06. The highest BCUT2D eigenvalue weighted by molar-refractivity contribution is 5.81. The number of pyridine rings is 2. The highest BCUT2D eigenvalue weighted by atomic mass is 15.3. The van der Waals surface area contributed by atoms with Crippen LogP contribution in [0.3, 0.4) is 0 Å². The number of hydrogen-bond acceptors (Lipinski definition) is 3. The summed E-state index contributed by atoms with van der Waals surface area (Å²) in [6.07, 6.45) is 5.59. The van der Waals surface area contributed by atoms with Gasteiger partial charge < -0.3 is 0 Å². The van der Waals surface area contributed by atoms with Crippen molar-refractivity contribution >= 4 is 10.9 Å². The number of hydrogen-bond donors (Lipinski definition) is 0. The number of aromatic nitrogens is 4. The lowest BCUT2D eigenvalue weighted by Gasteiger charge is -2.05. The van der Waals surface area contributed by atoms with Gasteiger partial charge >= 0.3 is 0 Å². The molecule has 0 bridgehead atoms. The van der Waals surface area contributed by atoms with Gasteiger partial charge in [0.25, 0.3) is 0 Å². The van der Waals surface area contributed by atoms with E-state index in [0.29, 0.717) is 6.54 Å². The van der Waals surface area contributed by atoms with E-state index in [0.717, 1.165) is 27.9 Å². The average Bonchev–Trinajstić information content (AvgIpc) is 3.05. The van der Waals surface area contributed by atoms with Crippen LogP contribution in [0.5, 0.6) is 0 Å². The van der Waals surface area contributed by atoms with Gasteiger partial charge in [0.15, 0.2) is 0 Å². The quantitative estimate of drug-likeness (QED) is 0.578. The molecule has 4 aromatic rings. The molecule has 0 unspecified atom stereocenters. The Kier molecular flexibility index (Phi) is 3.12. The van der Waals surface area contributed by atoms with Gasteiger partial charge in [0.1, 0.15) is 5.69 Å². The van der Waals surface area contributed by atoms with Crippen molar-refractivity contribution in [3.8, 4) is 11.4 Å². The summed E-state index contributed by atoms with van der Waals surface area (Å²) >= 11 is 0. The Morgan fingerprint density at radius 1 is 0.773 bits per heavy atom. The molecule has 1 aromatic carbocycles. The van der Waals surface area contributed by atoms with Gasteiger partial charge in [-0.05, 0) is 29.8 Å². The molecule has 3 aromatic heterocycles. The van der Waals surface area contributed by atoms with Crippen LogP contribution in [0, 0.1) is 0 Å². The molecular weight excluding hydrogens is 272 g/mol. The number of fused-ring (bicyclic) bond motifs is 1. The molecule has 0 fully saturated rings. The van der Waals surface area contributed by atoms with Crippen LogP contribution in [-0.4, -0.2) is 19.7 Å². The Labute approximate surface area is 128 Å². The lowest BCUT2D eigenvalue weighted by atomic mass is 10.1. The van der Waals surface area contributed by atoms with Crippen molar-refractivity contribution < 1.29 is 0 Å². The summed E-state index contributed by atoms with van der Waals surface area (Å²) in [4.78, 5) is 8.82. The second kappa shape index (κ2) is 5.41. The van der Waals surface area contributed by atoms with Gasteiger partial charge in [0, 0.05) is 24.0 Å². The van der Waals surface area contributed by atoms with Crippen LogP contribution >= 0.6 is 0 Å². The number of benzene rings is 1. The molecule has 0 saturated carbocycles. The predicted octanol–water partition coefficient (Wildman–Crippen LogP) is 3.54. The van der Waals surface area contributed by atoms with Crippen LogP contribution in [0.4, 0.5) is 0 Å². The molecule has 0 aliphatic rings. The van der Waals surface area contributed by atoms with E-state index in [1.165, 1.54) is 0 Å². The predicted molar refractivity (Wildman–Crippen MR) is 86.3 cm³/mol. The number of rotatable bonds is 3. The lowest BCUT2D eigenvalue weighted by Crippen LogP contribution is -2.02. The van der Waals surface area contributed by atoms with Crippen molar-refractivity contribution in [3.05, 3.63) is 78.8 Å². The summed E-state index contributed by atoms with van der Waals surface area (Å²) in [6, 6.07) is 18.1. The van der Waals surface area contributed by atoms with Gasteiger partial charge in [-0.2, -0.15) is 5.10 Å². The largest absolute Gasteiger partial charge is 0.268 e. The molecule has 106 valence electrons. The minimum absolute atomic E-state index is 0.696. The third kappa shape index (κ3) is 2.35. The van der Waals surface area contributed by atoms with E-state index in [-0.39, 0.29) is 0 Å². The Hall–Kier alpha value is -3.01. The summed E-state index contributed by atoms with van der Waals surface area (Å²) in [5.74, 6) is 0. The third-order valence-electron chi connectivity index (χ3n) is 3.62. The summed E-state index contributed by atoms with van der Waals surface area (Å²) in [6.45, 7) is 0.696. The zero-order chi connectivity index (χ0) is 14.8. The lowest BCUT2D eigenvalue weighted by molar-refractivity contribution is 0.691. The summed E-state index contributed by atoms with van der Waals surface area (Å²) in [5.41, 5.74) is 3.96. The van der Waals surface area contributed by atoms with Crippen LogP contribution in [0.1, 0.15) is 5.56 Å². The van der Waals surface area contributed by atoms with Crippen LogP contribution in [0.2, 0.25) is 0 Å². The van der Waals surface area contributed by atoms with Crippen molar-refractivity contribution in [2.24, 2.45) is 0 Å². The summed E-state index contributed by atoms with van der Waals surface area (Å²) in [7, 11) is 0.